The summed E-state index contributed by atoms with van der Waals surface area (Å²) in [5.41, 5.74) is 2.72. The Bertz CT molecular complexity index is 896. The van der Waals surface area contributed by atoms with Crippen LogP contribution < -0.4 is 10.6 Å². The molecule has 0 bridgehead atoms. The molecule has 0 aliphatic rings. The van der Waals surface area contributed by atoms with Gasteiger partial charge in [0, 0.05) is 22.6 Å². The van der Waals surface area contributed by atoms with Crippen molar-refractivity contribution in [2.24, 2.45) is 0 Å². The Morgan fingerprint density at radius 2 is 1.84 bits per heavy atom. The Labute approximate surface area is 149 Å². The smallest absolute Gasteiger partial charge is 0.257 e. The van der Waals surface area contributed by atoms with Crippen molar-refractivity contribution in [3.05, 3.63) is 82.8 Å². The van der Waals surface area contributed by atoms with Gasteiger partial charge in [-0.3, -0.25) is 4.79 Å². The van der Waals surface area contributed by atoms with Crippen molar-refractivity contribution in [2.45, 2.75) is 6.92 Å². The number of benzene rings is 2. The molecule has 1 amide bonds. The van der Waals surface area contributed by atoms with E-state index in [1.54, 1.807) is 42.5 Å². The van der Waals surface area contributed by atoms with Gasteiger partial charge in [-0.1, -0.05) is 11.6 Å². The van der Waals surface area contributed by atoms with E-state index < -0.39 is 0 Å². The summed E-state index contributed by atoms with van der Waals surface area (Å²) in [7, 11) is 0. The zero-order chi connectivity index (χ0) is 17.8. The molecule has 6 heteroatoms. The number of aryl methyl sites for hydroxylation is 1. The Morgan fingerprint density at radius 1 is 1.08 bits per heavy atom. The Balaban J connectivity index is 1.68. The van der Waals surface area contributed by atoms with Crippen molar-refractivity contribution in [1.29, 1.82) is 0 Å². The molecule has 1 aromatic heterocycles. The van der Waals surface area contributed by atoms with E-state index in [9.17, 15) is 9.18 Å². The van der Waals surface area contributed by atoms with E-state index in [1.165, 1.54) is 18.3 Å². The molecule has 3 aromatic rings. The van der Waals surface area contributed by atoms with Crippen molar-refractivity contribution < 1.29 is 9.18 Å². The average Bonchev–Trinajstić information content (AvgIpc) is 2.60. The number of hydrogen-bond acceptors (Lipinski definition) is 3. The third-order valence-corrected chi connectivity index (χ3v) is 3.81. The van der Waals surface area contributed by atoms with Crippen LogP contribution in [0.2, 0.25) is 5.02 Å². The molecule has 0 aliphatic heterocycles. The molecule has 126 valence electrons. The maximum Gasteiger partial charge on any atom is 0.257 e. The Hall–Kier alpha value is -2.92. The number of pyridine rings is 1. The molecular formula is C19H15ClFN3O. The number of halogens is 2. The molecule has 0 saturated heterocycles. The van der Waals surface area contributed by atoms with Crippen molar-refractivity contribution in [3.8, 4) is 0 Å². The third kappa shape index (κ3) is 4.33. The summed E-state index contributed by atoms with van der Waals surface area (Å²) < 4.78 is 12.9. The lowest BCUT2D eigenvalue weighted by Crippen LogP contribution is -2.13. The van der Waals surface area contributed by atoms with Crippen LogP contribution in [-0.4, -0.2) is 10.9 Å². The van der Waals surface area contributed by atoms with Gasteiger partial charge in [0.15, 0.2) is 0 Å². The zero-order valence-electron chi connectivity index (χ0n) is 13.4. The van der Waals surface area contributed by atoms with E-state index in [0.717, 1.165) is 5.56 Å². The second-order valence-corrected chi connectivity index (χ2v) is 5.91. The zero-order valence-corrected chi connectivity index (χ0v) is 14.1. The number of nitrogens with zero attached hydrogens (tertiary/aromatic N) is 1. The lowest BCUT2D eigenvalue weighted by atomic mass is 10.2. The van der Waals surface area contributed by atoms with Gasteiger partial charge in [-0.25, -0.2) is 9.37 Å². The molecule has 0 atom stereocenters. The van der Waals surface area contributed by atoms with Gasteiger partial charge in [-0.05, 0) is 67.1 Å². The van der Waals surface area contributed by atoms with Gasteiger partial charge >= 0.3 is 0 Å². The third-order valence-electron chi connectivity index (χ3n) is 3.58. The first-order chi connectivity index (χ1) is 12.0. The monoisotopic (exact) mass is 355 g/mol. The number of nitrogens with one attached hydrogen (secondary N) is 2. The van der Waals surface area contributed by atoms with Crippen LogP contribution >= 0.6 is 11.6 Å². The summed E-state index contributed by atoms with van der Waals surface area (Å²) in [6.45, 7) is 1.87. The fraction of sp³-hybridized carbons (Fsp3) is 0.0526. The van der Waals surface area contributed by atoms with Crippen LogP contribution in [0.1, 0.15) is 15.9 Å². The normalized spacial score (nSPS) is 10.4. The molecule has 0 spiro atoms. The fourth-order valence-electron chi connectivity index (χ4n) is 2.25. The molecular weight excluding hydrogens is 341 g/mol. The van der Waals surface area contributed by atoms with Crippen LogP contribution in [-0.2, 0) is 0 Å². The van der Waals surface area contributed by atoms with Gasteiger partial charge in [-0.2, -0.15) is 0 Å². The van der Waals surface area contributed by atoms with Gasteiger partial charge < -0.3 is 10.6 Å². The average molecular weight is 356 g/mol. The number of rotatable bonds is 4. The lowest BCUT2D eigenvalue weighted by Gasteiger charge is -2.09. The predicted molar refractivity (Wildman–Crippen MR) is 98.1 cm³/mol. The molecule has 25 heavy (non-hydrogen) atoms. The van der Waals surface area contributed by atoms with E-state index in [2.05, 4.69) is 15.6 Å². The largest absolute Gasteiger partial charge is 0.340 e. The summed E-state index contributed by atoms with van der Waals surface area (Å²) in [5, 5.41) is 6.49. The van der Waals surface area contributed by atoms with Crippen molar-refractivity contribution in [1.82, 2.24) is 4.98 Å². The van der Waals surface area contributed by atoms with Crippen LogP contribution in [0.25, 0.3) is 0 Å². The number of carbonyl (C=O) groups is 1. The van der Waals surface area contributed by atoms with Crippen LogP contribution in [0, 0.1) is 12.7 Å². The minimum atomic E-state index is -0.303. The molecule has 0 unspecified atom stereocenters. The first kappa shape index (κ1) is 16.9. The minimum Gasteiger partial charge on any atom is -0.340 e. The van der Waals surface area contributed by atoms with Crippen molar-refractivity contribution in [2.75, 3.05) is 10.6 Å². The SMILES string of the molecule is Cc1cc(Cl)ccc1NC(=O)c1ccc(Nc2ccc(F)cc2)nc1. The summed E-state index contributed by atoms with van der Waals surface area (Å²) in [6.07, 6.45) is 1.48. The van der Waals surface area contributed by atoms with Crippen LogP contribution in [0.15, 0.2) is 60.8 Å². The molecule has 0 radical (unpaired) electrons. The number of amides is 1. The highest BCUT2D eigenvalue weighted by Gasteiger charge is 2.09. The summed E-state index contributed by atoms with van der Waals surface area (Å²) in [4.78, 5) is 16.5. The van der Waals surface area contributed by atoms with E-state index in [-0.39, 0.29) is 11.7 Å². The molecule has 2 N–H and O–H groups in total. The molecule has 0 fully saturated rings. The van der Waals surface area contributed by atoms with E-state index in [4.69, 9.17) is 11.6 Å². The predicted octanol–water partition coefficient (Wildman–Crippen LogP) is 5.18. The molecule has 4 nitrogen and oxygen atoms in total. The number of aromatic nitrogens is 1. The van der Waals surface area contributed by atoms with E-state index in [1.807, 2.05) is 6.92 Å². The Kier molecular flexibility index (Phi) is 4.95. The van der Waals surface area contributed by atoms with Crippen LogP contribution in [0.5, 0.6) is 0 Å². The van der Waals surface area contributed by atoms with Crippen LogP contribution in [0.4, 0.5) is 21.6 Å². The first-order valence-corrected chi connectivity index (χ1v) is 7.95. The van der Waals surface area contributed by atoms with E-state index >= 15 is 0 Å². The molecule has 3 rings (SSSR count). The molecule has 1 heterocycles. The second-order valence-electron chi connectivity index (χ2n) is 5.48. The number of hydrogen-bond donors (Lipinski definition) is 2. The number of carbonyl (C=O) groups excluding carboxylic acids is 1. The second kappa shape index (κ2) is 7.32. The highest BCUT2D eigenvalue weighted by Crippen LogP contribution is 2.21. The standard InChI is InChI=1S/C19H15ClFN3O/c1-12-10-14(20)3-8-17(12)24-19(25)13-2-9-18(22-11-13)23-16-6-4-15(21)5-7-16/h2-11H,1H3,(H,22,23)(H,24,25). The van der Waals surface area contributed by atoms with Crippen LogP contribution in [0.3, 0.4) is 0 Å². The summed E-state index contributed by atoms with van der Waals surface area (Å²) in [5.74, 6) is 0.0000994. The van der Waals surface area contributed by atoms with Gasteiger partial charge in [0.05, 0.1) is 5.56 Å². The maximum atomic E-state index is 12.9. The fourth-order valence-corrected chi connectivity index (χ4v) is 2.47. The Morgan fingerprint density at radius 3 is 2.48 bits per heavy atom. The van der Waals surface area contributed by atoms with Gasteiger partial charge in [0.1, 0.15) is 11.6 Å². The molecule has 2 aromatic carbocycles. The van der Waals surface area contributed by atoms with Crippen molar-refractivity contribution >= 4 is 34.7 Å². The number of anilines is 3. The molecule has 0 aliphatic carbocycles. The van der Waals surface area contributed by atoms with Crippen molar-refractivity contribution in [3.63, 3.8) is 0 Å². The van der Waals surface area contributed by atoms with Gasteiger partial charge in [0.2, 0.25) is 0 Å². The summed E-state index contributed by atoms with van der Waals surface area (Å²) in [6, 6.07) is 14.6. The summed E-state index contributed by atoms with van der Waals surface area (Å²) >= 11 is 5.91. The highest BCUT2D eigenvalue weighted by molar-refractivity contribution is 6.30. The highest BCUT2D eigenvalue weighted by atomic mass is 35.5. The van der Waals surface area contributed by atoms with Gasteiger partial charge in [0.25, 0.3) is 5.91 Å². The first-order valence-electron chi connectivity index (χ1n) is 7.57. The maximum absolute atomic E-state index is 12.9. The lowest BCUT2D eigenvalue weighted by molar-refractivity contribution is 0.102. The molecule has 0 saturated carbocycles. The van der Waals surface area contributed by atoms with Gasteiger partial charge in [-0.15, -0.1) is 0 Å². The quantitative estimate of drug-likeness (QED) is 0.678. The topological polar surface area (TPSA) is 54.0 Å². The van der Waals surface area contributed by atoms with E-state index in [0.29, 0.717) is 27.8 Å². The minimum absolute atomic E-state index is 0.258.